The number of anilines is 2. The number of halogens is 3. The summed E-state index contributed by atoms with van der Waals surface area (Å²) in [4.78, 5) is 0. The Balaban J connectivity index is 2.32. The van der Waals surface area contributed by atoms with Crippen LogP contribution in [-0.4, -0.2) is 0 Å². The van der Waals surface area contributed by atoms with Crippen LogP contribution in [0.3, 0.4) is 0 Å². The van der Waals surface area contributed by atoms with Gasteiger partial charge in [0.25, 0.3) is 0 Å². The molecular formula is C19H15F3N2. The predicted octanol–water partition coefficient (Wildman–Crippen LogP) is 5.20. The molecule has 3 aromatic rings. The van der Waals surface area contributed by atoms with E-state index >= 15 is 0 Å². The number of alkyl halides is 3. The lowest BCUT2D eigenvalue weighted by Crippen LogP contribution is -2.10. The van der Waals surface area contributed by atoms with Gasteiger partial charge in [0, 0.05) is 28.1 Å². The van der Waals surface area contributed by atoms with Crippen LogP contribution in [0.15, 0.2) is 66.7 Å². The molecule has 0 aliphatic carbocycles. The zero-order chi connectivity index (χ0) is 17.3. The summed E-state index contributed by atoms with van der Waals surface area (Å²) in [5, 5.41) is 0. The van der Waals surface area contributed by atoms with Gasteiger partial charge < -0.3 is 11.5 Å². The quantitative estimate of drug-likeness (QED) is 0.635. The van der Waals surface area contributed by atoms with Crippen LogP contribution < -0.4 is 11.5 Å². The second kappa shape index (κ2) is 5.92. The maximum atomic E-state index is 13.4. The lowest BCUT2D eigenvalue weighted by Gasteiger charge is -2.19. The highest BCUT2D eigenvalue weighted by Gasteiger charge is 2.35. The molecule has 0 aromatic heterocycles. The molecule has 2 nitrogen and oxygen atoms in total. The van der Waals surface area contributed by atoms with Gasteiger partial charge >= 0.3 is 6.18 Å². The van der Waals surface area contributed by atoms with Crippen molar-refractivity contribution in [2.45, 2.75) is 6.18 Å². The summed E-state index contributed by atoms with van der Waals surface area (Å²) >= 11 is 0. The zero-order valence-corrected chi connectivity index (χ0v) is 12.6. The van der Waals surface area contributed by atoms with E-state index in [1.54, 1.807) is 54.6 Å². The molecule has 0 amide bonds. The second-order valence-corrected chi connectivity index (χ2v) is 5.40. The highest BCUT2D eigenvalue weighted by molar-refractivity contribution is 5.94. The van der Waals surface area contributed by atoms with Crippen molar-refractivity contribution in [3.8, 4) is 22.3 Å². The molecule has 0 heterocycles. The van der Waals surface area contributed by atoms with E-state index in [1.807, 2.05) is 0 Å². The Hall–Kier alpha value is -2.95. The zero-order valence-electron chi connectivity index (χ0n) is 12.6. The van der Waals surface area contributed by atoms with Crippen LogP contribution in [0.4, 0.5) is 24.5 Å². The van der Waals surface area contributed by atoms with E-state index in [2.05, 4.69) is 0 Å². The Kier molecular flexibility index (Phi) is 3.93. The number of nitrogen functional groups attached to an aromatic ring is 2. The summed E-state index contributed by atoms with van der Waals surface area (Å²) in [5.74, 6) is 0. The van der Waals surface area contributed by atoms with Gasteiger partial charge in [-0.25, -0.2) is 0 Å². The molecule has 122 valence electrons. The smallest absolute Gasteiger partial charge is 0.398 e. The van der Waals surface area contributed by atoms with Gasteiger partial charge in [-0.15, -0.1) is 0 Å². The van der Waals surface area contributed by atoms with Crippen LogP contribution >= 0.6 is 0 Å². The van der Waals surface area contributed by atoms with Gasteiger partial charge in [0.1, 0.15) is 0 Å². The lowest BCUT2D eigenvalue weighted by atomic mass is 9.91. The van der Waals surface area contributed by atoms with Crippen molar-refractivity contribution in [3.63, 3.8) is 0 Å². The SMILES string of the molecule is Nc1ccccc1-c1ccc(C(F)(F)F)c(-c2ccccc2)c1N. The Bertz CT molecular complexity index is 872. The Morgan fingerprint density at radius 2 is 1.29 bits per heavy atom. The van der Waals surface area contributed by atoms with Crippen LogP contribution in [0.5, 0.6) is 0 Å². The fraction of sp³-hybridized carbons (Fsp3) is 0.0526. The Labute approximate surface area is 137 Å². The Morgan fingerprint density at radius 3 is 1.92 bits per heavy atom. The molecule has 0 saturated carbocycles. The molecule has 3 aromatic carbocycles. The third-order valence-electron chi connectivity index (χ3n) is 3.86. The van der Waals surface area contributed by atoms with Crippen molar-refractivity contribution in [1.82, 2.24) is 0 Å². The summed E-state index contributed by atoms with van der Waals surface area (Å²) < 4.78 is 40.3. The minimum absolute atomic E-state index is 0.0242. The van der Waals surface area contributed by atoms with Crippen LogP contribution in [-0.2, 0) is 6.18 Å². The number of para-hydroxylation sites is 1. The largest absolute Gasteiger partial charge is 0.417 e. The van der Waals surface area contributed by atoms with Gasteiger partial charge in [0.2, 0.25) is 0 Å². The Morgan fingerprint density at radius 1 is 0.667 bits per heavy atom. The maximum Gasteiger partial charge on any atom is 0.417 e. The fourth-order valence-corrected chi connectivity index (χ4v) is 2.75. The molecule has 0 aliphatic rings. The third kappa shape index (κ3) is 2.80. The van der Waals surface area contributed by atoms with Gasteiger partial charge in [-0.1, -0.05) is 54.6 Å². The average molecular weight is 328 g/mol. The van der Waals surface area contributed by atoms with Gasteiger partial charge in [0.15, 0.2) is 0 Å². The average Bonchev–Trinajstić information content (AvgIpc) is 2.55. The third-order valence-corrected chi connectivity index (χ3v) is 3.86. The minimum atomic E-state index is -4.50. The predicted molar refractivity (Wildman–Crippen MR) is 91.1 cm³/mol. The van der Waals surface area contributed by atoms with Crippen molar-refractivity contribution in [2.75, 3.05) is 11.5 Å². The van der Waals surface area contributed by atoms with E-state index in [4.69, 9.17) is 11.5 Å². The van der Waals surface area contributed by atoms with Crippen molar-refractivity contribution in [2.24, 2.45) is 0 Å². The van der Waals surface area contributed by atoms with Crippen molar-refractivity contribution >= 4 is 11.4 Å². The molecule has 3 rings (SSSR count). The van der Waals surface area contributed by atoms with E-state index in [-0.39, 0.29) is 11.3 Å². The lowest BCUT2D eigenvalue weighted by molar-refractivity contribution is -0.137. The molecule has 0 aliphatic heterocycles. The van der Waals surface area contributed by atoms with E-state index in [0.717, 1.165) is 6.07 Å². The number of rotatable bonds is 2. The highest BCUT2D eigenvalue weighted by Crippen LogP contribution is 2.44. The van der Waals surface area contributed by atoms with Crippen molar-refractivity contribution in [1.29, 1.82) is 0 Å². The normalized spacial score (nSPS) is 11.5. The molecule has 4 N–H and O–H groups in total. The molecule has 0 radical (unpaired) electrons. The molecule has 24 heavy (non-hydrogen) atoms. The first-order chi connectivity index (χ1) is 11.4. The van der Waals surface area contributed by atoms with Gasteiger partial charge in [-0.2, -0.15) is 13.2 Å². The van der Waals surface area contributed by atoms with E-state index in [1.165, 1.54) is 6.07 Å². The van der Waals surface area contributed by atoms with Gasteiger partial charge in [-0.05, 0) is 17.7 Å². The molecule has 0 spiro atoms. The number of hydrogen-bond acceptors (Lipinski definition) is 2. The van der Waals surface area contributed by atoms with Gasteiger partial charge in [0.05, 0.1) is 5.56 Å². The fourth-order valence-electron chi connectivity index (χ4n) is 2.75. The molecule has 0 fully saturated rings. The van der Waals surface area contributed by atoms with Crippen molar-refractivity contribution < 1.29 is 13.2 Å². The van der Waals surface area contributed by atoms with E-state index in [0.29, 0.717) is 22.4 Å². The first kappa shape index (κ1) is 15.9. The first-order valence-electron chi connectivity index (χ1n) is 7.29. The minimum Gasteiger partial charge on any atom is -0.398 e. The van der Waals surface area contributed by atoms with Crippen LogP contribution in [0.25, 0.3) is 22.3 Å². The monoisotopic (exact) mass is 328 g/mol. The molecule has 5 heteroatoms. The summed E-state index contributed by atoms with van der Waals surface area (Å²) in [5.41, 5.74) is 13.4. The topological polar surface area (TPSA) is 52.0 Å². The van der Waals surface area contributed by atoms with Crippen LogP contribution in [0.2, 0.25) is 0 Å². The highest BCUT2D eigenvalue weighted by atomic mass is 19.4. The summed E-state index contributed by atoms with van der Waals surface area (Å²) in [6.07, 6.45) is -4.50. The molecule has 0 atom stereocenters. The van der Waals surface area contributed by atoms with Gasteiger partial charge in [-0.3, -0.25) is 0 Å². The summed E-state index contributed by atoms with van der Waals surface area (Å²) in [6.45, 7) is 0. The summed E-state index contributed by atoms with van der Waals surface area (Å²) in [7, 11) is 0. The van der Waals surface area contributed by atoms with E-state index < -0.39 is 11.7 Å². The number of benzene rings is 3. The summed E-state index contributed by atoms with van der Waals surface area (Å²) in [6, 6.07) is 17.7. The van der Waals surface area contributed by atoms with Crippen LogP contribution in [0, 0.1) is 0 Å². The molecule has 0 saturated heterocycles. The second-order valence-electron chi connectivity index (χ2n) is 5.40. The first-order valence-corrected chi connectivity index (χ1v) is 7.29. The molecular weight excluding hydrogens is 313 g/mol. The standard InChI is InChI=1S/C19H15F3N2/c20-19(21,22)15-11-10-14(13-8-4-5-9-16(13)23)18(24)17(15)12-6-2-1-3-7-12/h1-11H,23-24H2. The maximum absolute atomic E-state index is 13.4. The van der Waals surface area contributed by atoms with Crippen LogP contribution in [0.1, 0.15) is 5.56 Å². The molecule has 0 bridgehead atoms. The number of hydrogen-bond donors (Lipinski definition) is 2. The number of nitrogens with two attached hydrogens (primary N) is 2. The van der Waals surface area contributed by atoms with E-state index in [9.17, 15) is 13.2 Å². The molecule has 0 unspecified atom stereocenters. The van der Waals surface area contributed by atoms with Crippen molar-refractivity contribution in [3.05, 3.63) is 72.3 Å².